The van der Waals surface area contributed by atoms with Crippen molar-refractivity contribution in [2.45, 2.75) is 46.1 Å². The fourth-order valence-electron chi connectivity index (χ4n) is 5.49. The van der Waals surface area contributed by atoms with Gasteiger partial charge >= 0.3 is 6.09 Å². The molecule has 3 aliphatic rings. The number of amides is 2. The molecule has 3 fully saturated rings. The number of benzene rings is 1. The van der Waals surface area contributed by atoms with E-state index in [9.17, 15) is 18.0 Å². The molecule has 2 aromatic rings. The lowest BCUT2D eigenvalue weighted by atomic mass is 10.1. The minimum atomic E-state index is -3.54. The molecule has 0 radical (unpaired) electrons. The Hall–Kier alpha value is -3.34. The first-order valence-corrected chi connectivity index (χ1v) is 14.9. The molecule has 1 atom stereocenters. The van der Waals surface area contributed by atoms with Crippen LogP contribution in [0.3, 0.4) is 0 Å². The average molecular weight is 542 g/mol. The van der Waals surface area contributed by atoms with Crippen molar-refractivity contribution in [3.05, 3.63) is 47.2 Å². The van der Waals surface area contributed by atoms with Gasteiger partial charge < -0.3 is 14.5 Å². The number of nitrogens with zero attached hydrogens (tertiary/aromatic N) is 5. The molecule has 0 bridgehead atoms. The summed E-state index contributed by atoms with van der Waals surface area (Å²) in [6.07, 6.45) is 3.57. The smallest absolute Gasteiger partial charge is 0.414 e. The van der Waals surface area contributed by atoms with Crippen molar-refractivity contribution in [2.75, 3.05) is 59.2 Å². The summed E-state index contributed by atoms with van der Waals surface area (Å²) < 4.78 is 32.3. The van der Waals surface area contributed by atoms with Crippen LogP contribution >= 0.6 is 0 Å². The van der Waals surface area contributed by atoms with Crippen LogP contribution in [0, 0.1) is 6.92 Å². The number of anilines is 3. The highest BCUT2D eigenvalue weighted by atomic mass is 32.2. The van der Waals surface area contributed by atoms with Crippen LogP contribution in [0.2, 0.25) is 0 Å². The maximum Gasteiger partial charge on any atom is 0.414 e. The van der Waals surface area contributed by atoms with E-state index < -0.39 is 16.1 Å². The van der Waals surface area contributed by atoms with Crippen molar-refractivity contribution in [3.63, 3.8) is 0 Å². The van der Waals surface area contributed by atoms with Crippen molar-refractivity contribution in [2.24, 2.45) is 0 Å². The molecule has 0 spiro atoms. The molecular weight excluding hydrogens is 506 g/mol. The van der Waals surface area contributed by atoms with Crippen LogP contribution in [-0.2, 0) is 21.2 Å². The van der Waals surface area contributed by atoms with Crippen molar-refractivity contribution >= 4 is 39.2 Å². The minimum absolute atomic E-state index is 0.0377. The van der Waals surface area contributed by atoms with E-state index in [-0.39, 0.29) is 24.3 Å². The molecule has 38 heavy (non-hydrogen) atoms. The number of aryl methyl sites for hydroxylation is 2. The lowest BCUT2D eigenvalue weighted by molar-refractivity contribution is 0.0747. The van der Waals surface area contributed by atoms with Crippen molar-refractivity contribution in [1.82, 2.24) is 9.88 Å². The Balaban J connectivity index is 1.41. The zero-order chi connectivity index (χ0) is 27.0. The maximum atomic E-state index is 13.8. The number of hydrogen-bond acceptors (Lipinski definition) is 7. The van der Waals surface area contributed by atoms with Crippen molar-refractivity contribution in [3.8, 4) is 0 Å². The fraction of sp³-hybridized carbons (Fsp3) is 0.519. The van der Waals surface area contributed by atoms with Gasteiger partial charge in [0.25, 0.3) is 5.91 Å². The molecule has 3 aliphatic heterocycles. The number of pyridine rings is 1. The van der Waals surface area contributed by atoms with Gasteiger partial charge in [0.1, 0.15) is 12.4 Å². The standard InChI is InChI=1S/C27H35N5O5S/c1-4-20-15-19(3)25(28-17-20)29-10-12-30(13-11-29)26(33)23-8-7-22(32-21(5-2)18-37-27(32)34)16-24(23)31-9-6-14-38(31,35)36/h7-8,15-17,21H,4-6,9-14,18H2,1-3H3. The Morgan fingerprint density at radius 3 is 2.50 bits per heavy atom. The molecule has 0 saturated carbocycles. The topological polar surface area (TPSA) is 103 Å². The second-order valence-electron chi connectivity index (χ2n) is 10.1. The Labute approximate surface area is 224 Å². The van der Waals surface area contributed by atoms with Gasteiger partial charge in [0.05, 0.1) is 23.0 Å². The van der Waals surface area contributed by atoms with E-state index in [1.165, 1.54) is 9.87 Å². The summed E-state index contributed by atoms with van der Waals surface area (Å²) in [5, 5.41) is 0. The number of aromatic nitrogens is 1. The van der Waals surface area contributed by atoms with Crippen LogP contribution in [0.25, 0.3) is 0 Å². The number of carbonyl (C=O) groups is 2. The van der Waals surface area contributed by atoms with Crippen LogP contribution in [0.5, 0.6) is 0 Å². The lowest BCUT2D eigenvalue weighted by Gasteiger charge is -2.36. The van der Waals surface area contributed by atoms with Gasteiger partial charge in [-0.2, -0.15) is 0 Å². The van der Waals surface area contributed by atoms with Crippen LogP contribution in [0.4, 0.5) is 22.0 Å². The SMILES string of the molecule is CCc1cnc(N2CCN(C(=O)c3ccc(N4C(=O)OCC4CC)cc3N3CCCS3(=O)=O)CC2)c(C)c1. The van der Waals surface area contributed by atoms with Crippen molar-refractivity contribution < 1.29 is 22.7 Å². The molecule has 0 aliphatic carbocycles. The van der Waals surface area contributed by atoms with Gasteiger partial charge in [-0.05, 0) is 55.5 Å². The van der Waals surface area contributed by atoms with E-state index in [2.05, 4.69) is 29.8 Å². The van der Waals surface area contributed by atoms with Gasteiger partial charge in [-0.25, -0.2) is 18.2 Å². The number of hydrogen-bond donors (Lipinski definition) is 0. The highest BCUT2D eigenvalue weighted by molar-refractivity contribution is 7.93. The van der Waals surface area contributed by atoms with E-state index in [0.29, 0.717) is 62.5 Å². The van der Waals surface area contributed by atoms with E-state index in [1.54, 1.807) is 28.0 Å². The summed E-state index contributed by atoms with van der Waals surface area (Å²) in [5.74, 6) is 0.761. The van der Waals surface area contributed by atoms with Crippen LogP contribution in [0.1, 0.15) is 48.2 Å². The zero-order valence-corrected chi connectivity index (χ0v) is 23.0. The molecular formula is C27H35N5O5S. The number of piperazine rings is 1. The first kappa shape index (κ1) is 26.3. The summed E-state index contributed by atoms with van der Waals surface area (Å²) >= 11 is 0. The summed E-state index contributed by atoms with van der Waals surface area (Å²) in [6, 6.07) is 7.05. The highest BCUT2D eigenvalue weighted by Gasteiger charge is 2.37. The van der Waals surface area contributed by atoms with Crippen LogP contribution in [0.15, 0.2) is 30.5 Å². The molecule has 2 amide bonds. The summed E-state index contributed by atoms with van der Waals surface area (Å²) in [5.41, 5.74) is 3.51. The molecule has 1 aromatic carbocycles. The molecule has 4 heterocycles. The molecule has 204 valence electrons. The molecule has 5 rings (SSSR count). The Kier molecular flexibility index (Phi) is 7.21. The molecule has 1 unspecified atom stereocenters. The Bertz CT molecular complexity index is 1340. The lowest BCUT2D eigenvalue weighted by Crippen LogP contribution is -2.49. The van der Waals surface area contributed by atoms with Gasteiger partial charge in [0.2, 0.25) is 10.0 Å². The summed E-state index contributed by atoms with van der Waals surface area (Å²) in [4.78, 5) is 36.4. The molecule has 0 N–H and O–H groups in total. The predicted molar refractivity (Wildman–Crippen MR) is 147 cm³/mol. The summed E-state index contributed by atoms with van der Waals surface area (Å²) in [6.45, 7) is 9.00. The summed E-state index contributed by atoms with van der Waals surface area (Å²) in [7, 11) is -3.54. The Morgan fingerprint density at radius 1 is 1.11 bits per heavy atom. The second kappa shape index (κ2) is 10.4. The van der Waals surface area contributed by atoms with Gasteiger partial charge in [0.15, 0.2) is 0 Å². The van der Waals surface area contributed by atoms with E-state index in [0.717, 1.165) is 17.8 Å². The first-order chi connectivity index (χ1) is 18.2. The molecule has 1 aromatic heterocycles. The number of carbonyl (C=O) groups excluding carboxylic acids is 2. The molecule has 11 heteroatoms. The largest absolute Gasteiger partial charge is 0.447 e. The zero-order valence-electron chi connectivity index (χ0n) is 22.2. The van der Waals surface area contributed by atoms with Crippen LogP contribution < -0.4 is 14.1 Å². The fourth-order valence-corrected chi connectivity index (χ4v) is 7.06. The quantitative estimate of drug-likeness (QED) is 0.553. The van der Waals surface area contributed by atoms with E-state index in [4.69, 9.17) is 4.74 Å². The molecule has 3 saturated heterocycles. The number of ether oxygens (including phenoxy) is 1. The normalized spacial score (nSPS) is 21.2. The van der Waals surface area contributed by atoms with Gasteiger partial charge in [-0.3, -0.25) is 14.0 Å². The number of rotatable bonds is 6. The maximum absolute atomic E-state index is 13.8. The number of cyclic esters (lactones) is 1. The average Bonchev–Trinajstić information content (AvgIpc) is 3.48. The first-order valence-electron chi connectivity index (χ1n) is 13.3. The van der Waals surface area contributed by atoms with Crippen LogP contribution in [-0.4, -0.2) is 81.4 Å². The van der Waals surface area contributed by atoms with Gasteiger partial charge in [-0.1, -0.05) is 19.9 Å². The third-order valence-electron chi connectivity index (χ3n) is 7.67. The minimum Gasteiger partial charge on any atom is -0.447 e. The van der Waals surface area contributed by atoms with E-state index in [1.807, 2.05) is 13.1 Å². The monoisotopic (exact) mass is 541 g/mol. The third kappa shape index (κ3) is 4.79. The Morgan fingerprint density at radius 2 is 1.87 bits per heavy atom. The molecule has 10 nitrogen and oxygen atoms in total. The number of sulfonamides is 1. The van der Waals surface area contributed by atoms with Gasteiger partial charge in [0, 0.05) is 44.6 Å². The van der Waals surface area contributed by atoms with Gasteiger partial charge in [-0.15, -0.1) is 0 Å². The van der Waals surface area contributed by atoms with Crippen molar-refractivity contribution in [1.29, 1.82) is 0 Å². The van der Waals surface area contributed by atoms with E-state index >= 15 is 0 Å². The highest BCUT2D eigenvalue weighted by Crippen LogP contribution is 2.35. The second-order valence-corrected chi connectivity index (χ2v) is 12.1. The predicted octanol–water partition coefficient (Wildman–Crippen LogP) is 3.19. The third-order valence-corrected chi connectivity index (χ3v) is 9.53.